The molecule has 2 aliphatic heterocycles. The Bertz CT molecular complexity index is 1410. The molecule has 46 heavy (non-hydrogen) atoms. The number of aromatic nitrogens is 1. The number of carbonyl (C=O) groups excluding carboxylic acids is 2. The maximum absolute atomic E-state index is 15.8. The van der Waals surface area contributed by atoms with E-state index < -0.39 is 54.5 Å². The lowest BCUT2D eigenvalue weighted by molar-refractivity contribution is -0.135. The zero-order valence-corrected chi connectivity index (χ0v) is 27.6. The molecular weight excluding hydrogens is 602 g/mol. The highest BCUT2D eigenvalue weighted by Crippen LogP contribution is 2.33. The lowest BCUT2D eigenvalue weighted by Crippen LogP contribution is -2.53. The summed E-state index contributed by atoms with van der Waals surface area (Å²) in [5.41, 5.74) is 13.6. The van der Waals surface area contributed by atoms with E-state index in [1.165, 1.54) is 33.8 Å². The van der Waals surface area contributed by atoms with Crippen molar-refractivity contribution < 1.29 is 27.2 Å². The summed E-state index contributed by atoms with van der Waals surface area (Å²) in [5.74, 6) is -1.20. The van der Waals surface area contributed by atoms with Crippen LogP contribution in [0.2, 0.25) is 0 Å². The number of amides is 2. The number of likely N-dealkylation sites (tertiary alicyclic amines) is 2. The molecule has 7 atom stereocenters. The molecule has 0 spiro atoms. The minimum absolute atomic E-state index is 0.00816. The summed E-state index contributed by atoms with van der Waals surface area (Å²) >= 11 is 0. The van der Waals surface area contributed by atoms with Crippen LogP contribution in [-0.4, -0.2) is 106 Å². The number of alkyl halides is 3. The molecule has 9 nitrogen and oxygen atoms in total. The lowest BCUT2D eigenvalue weighted by atomic mass is 9.98. The smallest absolute Gasteiger partial charge is 0.240 e. The molecule has 5 N–H and O–H groups in total. The first kappa shape index (κ1) is 35.7. The lowest BCUT2D eigenvalue weighted by Gasteiger charge is -2.35. The van der Waals surface area contributed by atoms with E-state index in [0.717, 1.165) is 0 Å². The monoisotopic (exact) mass is 651 g/mol. The Kier molecular flexibility index (Phi) is 11.4. The molecule has 2 amide bonds. The number of hydrogen-bond donors (Lipinski definition) is 3. The minimum atomic E-state index is -1.62. The first-order valence-electron chi connectivity index (χ1n) is 16.3. The Morgan fingerprint density at radius 3 is 2.20 bits per heavy atom. The van der Waals surface area contributed by atoms with Crippen LogP contribution >= 0.6 is 0 Å². The molecule has 256 valence electrons. The maximum atomic E-state index is 15.8. The van der Waals surface area contributed by atoms with Crippen molar-refractivity contribution >= 4 is 28.6 Å². The maximum Gasteiger partial charge on any atom is 0.240 e. The van der Waals surface area contributed by atoms with Gasteiger partial charge in [0.2, 0.25) is 11.8 Å². The number of amidine groups is 1. The van der Waals surface area contributed by atoms with E-state index in [9.17, 15) is 22.8 Å². The van der Waals surface area contributed by atoms with Crippen molar-refractivity contribution in [1.82, 2.24) is 19.7 Å². The second-order valence-electron chi connectivity index (χ2n) is 13.4. The van der Waals surface area contributed by atoms with Gasteiger partial charge in [-0.25, -0.2) is 17.6 Å². The van der Waals surface area contributed by atoms with Gasteiger partial charge in [-0.2, -0.15) is 0 Å². The highest BCUT2D eigenvalue weighted by atomic mass is 19.1. The van der Waals surface area contributed by atoms with Crippen molar-refractivity contribution in [3.8, 4) is 0 Å². The van der Waals surface area contributed by atoms with Crippen molar-refractivity contribution in [2.24, 2.45) is 22.4 Å². The van der Waals surface area contributed by atoms with Gasteiger partial charge in [-0.3, -0.25) is 14.6 Å². The molecule has 4 rings (SSSR count). The molecule has 0 aliphatic carbocycles. The van der Waals surface area contributed by atoms with Crippen LogP contribution in [0.15, 0.2) is 23.2 Å². The van der Waals surface area contributed by atoms with Crippen LogP contribution in [0.3, 0.4) is 0 Å². The third-order valence-corrected chi connectivity index (χ3v) is 9.07. The second-order valence-corrected chi connectivity index (χ2v) is 13.4. The molecule has 2 fully saturated rings. The van der Waals surface area contributed by atoms with E-state index in [1.807, 2.05) is 27.7 Å². The number of fused-ring (bicyclic) bond motifs is 1. The zero-order chi connectivity index (χ0) is 34.0. The van der Waals surface area contributed by atoms with E-state index in [1.54, 1.807) is 13.0 Å². The van der Waals surface area contributed by atoms with Crippen molar-refractivity contribution in [3.63, 3.8) is 0 Å². The van der Waals surface area contributed by atoms with Crippen molar-refractivity contribution in [2.75, 3.05) is 19.6 Å². The van der Waals surface area contributed by atoms with Crippen LogP contribution in [0.25, 0.3) is 10.9 Å². The molecule has 1 aromatic carbocycles. The van der Waals surface area contributed by atoms with Crippen molar-refractivity contribution in [1.29, 1.82) is 0 Å². The summed E-state index contributed by atoms with van der Waals surface area (Å²) < 4.78 is 59.9. The third-order valence-electron chi connectivity index (χ3n) is 9.07. The van der Waals surface area contributed by atoms with E-state index in [4.69, 9.17) is 16.5 Å². The Morgan fingerprint density at radius 1 is 1.02 bits per heavy atom. The van der Waals surface area contributed by atoms with Gasteiger partial charge in [-0.1, -0.05) is 20.8 Å². The van der Waals surface area contributed by atoms with E-state index >= 15 is 4.39 Å². The SMILES string of the molecule is CC[C@H](N)C(=O)N1C[C@@H](F)C[C@H]1Cc1c(/C(=N/C(C)C)N(C[C@@H]2C[C@H](F)CN2C(=O)[C@@H](N)C(C)C)C(C)F)[nH]c2cc(F)ccc12. The highest BCUT2D eigenvalue weighted by molar-refractivity contribution is 6.04. The summed E-state index contributed by atoms with van der Waals surface area (Å²) in [6.45, 7) is 10.1. The Balaban J connectivity index is 1.80. The van der Waals surface area contributed by atoms with E-state index in [0.29, 0.717) is 28.6 Å². The van der Waals surface area contributed by atoms with Crippen molar-refractivity contribution in [2.45, 2.75) is 116 Å². The number of benzene rings is 1. The molecule has 0 saturated carbocycles. The van der Waals surface area contributed by atoms with Gasteiger partial charge in [-0.05, 0) is 63.3 Å². The zero-order valence-electron chi connectivity index (χ0n) is 27.6. The standard InChI is InChI=1S/C33H49F4N7O2/c1-7-27(38)32(45)43-14-21(36)10-23(43)13-26-25-9-8-20(35)12-28(25)41-30(26)31(40-18(4)5)42(19(6)34)16-24-11-22(37)15-44(24)33(46)29(39)17(2)3/h8-9,12,17-19,21-24,27,29,41H,7,10-11,13-16,38-39H2,1-6H3/b40-31-/t19?,21-,22-,23-,24-,27-,29-/m0/s1. The Hall–Kier alpha value is -3.19. The fourth-order valence-electron chi connectivity index (χ4n) is 6.51. The van der Waals surface area contributed by atoms with Crippen LogP contribution in [-0.2, 0) is 16.0 Å². The molecule has 1 unspecified atom stereocenters. The van der Waals surface area contributed by atoms with Gasteiger partial charge in [0.25, 0.3) is 0 Å². The van der Waals surface area contributed by atoms with Crippen LogP contribution < -0.4 is 11.5 Å². The topological polar surface area (TPSA) is 124 Å². The fraction of sp³-hybridized carbons (Fsp3) is 0.667. The summed E-state index contributed by atoms with van der Waals surface area (Å²) in [4.78, 5) is 38.7. The summed E-state index contributed by atoms with van der Waals surface area (Å²) in [5, 5.41) is 0.623. The number of H-pyrrole nitrogens is 1. The van der Waals surface area contributed by atoms with Gasteiger partial charge < -0.3 is 31.2 Å². The van der Waals surface area contributed by atoms with Gasteiger partial charge in [0.1, 0.15) is 18.2 Å². The first-order valence-corrected chi connectivity index (χ1v) is 16.3. The van der Waals surface area contributed by atoms with Crippen molar-refractivity contribution in [3.05, 3.63) is 35.3 Å². The van der Waals surface area contributed by atoms with Gasteiger partial charge in [0.05, 0.1) is 36.9 Å². The number of nitrogens with zero attached hydrogens (tertiary/aromatic N) is 4. The number of nitrogens with two attached hydrogens (primary N) is 2. The fourth-order valence-corrected chi connectivity index (χ4v) is 6.51. The number of halogens is 4. The summed E-state index contributed by atoms with van der Waals surface area (Å²) in [7, 11) is 0. The molecule has 13 heteroatoms. The largest absolute Gasteiger partial charge is 0.352 e. The number of aliphatic imine (C=N–C) groups is 1. The van der Waals surface area contributed by atoms with Crippen LogP contribution in [0.4, 0.5) is 17.6 Å². The number of aromatic amines is 1. The molecule has 2 aromatic rings. The minimum Gasteiger partial charge on any atom is -0.352 e. The number of rotatable bonds is 11. The second kappa shape index (κ2) is 14.7. The predicted octanol–water partition coefficient (Wildman–Crippen LogP) is 4.22. The predicted molar refractivity (Wildman–Crippen MR) is 172 cm³/mol. The number of carbonyl (C=O) groups is 2. The van der Waals surface area contributed by atoms with E-state index in [-0.39, 0.29) is 62.6 Å². The van der Waals surface area contributed by atoms with Gasteiger partial charge >= 0.3 is 0 Å². The molecule has 2 saturated heterocycles. The summed E-state index contributed by atoms with van der Waals surface area (Å²) in [6, 6.07) is 1.07. The molecule has 1 aromatic heterocycles. The number of nitrogens with one attached hydrogen (secondary N) is 1. The molecule has 2 aliphatic rings. The Labute approximate surface area is 268 Å². The van der Waals surface area contributed by atoms with Gasteiger partial charge in [-0.15, -0.1) is 0 Å². The van der Waals surface area contributed by atoms with Crippen LogP contribution in [0.1, 0.15) is 72.1 Å². The van der Waals surface area contributed by atoms with Crippen LogP contribution in [0, 0.1) is 11.7 Å². The Morgan fingerprint density at radius 2 is 1.63 bits per heavy atom. The highest BCUT2D eigenvalue weighted by Gasteiger charge is 2.41. The molecular formula is C33H49F4N7O2. The molecule has 0 bridgehead atoms. The van der Waals surface area contributed by atoms with Gasteiger partial charge in [0.15, 0.2) is 12.1 Å². The quantitative estimate of drug-likeness (QED) is 0.145. The third kappa shape index (κ3) is 7.67. The first-order chi connectivity index (χ1) is 21.6. The van der Waals surface area contributed by atoms with Crippen LogP contribution in [0.5, 0.6) is 0 Å². The summed E-state index contributed by atoms with van der Waals surface area (Å²) in [6.07, 6.45) is -3.49. The normalized spacial score (nSPS) is 24.3. The molecule has 0 radical (unpaired) electrons. The van der Waals surface area contributed by atoms with E-state index in [2.05, 4.69) is 4.98 Å². The van der Waals surface area contributed by atoms with Gasteiger partial charge in [0, 0.05) is 42.4 Å². The number of hydrogen-bond acceptors (Lipinski definition) is 5. The average Bonchev–Trinajstić information content (AvgIpc) is 3.66. The molecule has 3 heterocycles. The average molecular weight is 652 g/mol.